The van der Waals surface area contributed by atoms with Gasteiger partial charge in [-0.1, -0.05) is 25.4 Å². The van der Waals surface area contributed by atoms with E-state index in [0.717, 1.165) is 13.1 Å². The third-order valence-electron chi connectivity index (χ3n) is 1.30. The van der Waals surface area contributed by atoms with Gasteiger partial charge in [-0.05, 0) is 13.1 Å². The highest BCUT2D eigenvalue weighted by Crippen LogP contribution is 1.94. The van der Waals surface area contributed by atoms with E-state index >= 15 is 0 Å². The molecule has 0 saturated carbocycles. The standard InChI is InChI=1S/C6H14ClNO.H2O/c1-3-8(4-2)5-6(7)9;/h6,9H,3-5H2,1-2H3;1H2. The van der Waals surface area contributed by atoms with E-state index < -0.39 is 5.56 Å². The van der Waals surface area contributed by atoms with Crippen LogP contribution in [0.3, 0.4) is 0 Å². The van der Waals surface area contributed by atoms with Crippen molar-refractivity contribution in [2.75, 3.05) is 19.6 Å². The number of hydrogen-bond donors (Lipinski definition) is 1. The molecule has 0 aliphatic carbocycles. The van der Waals surface area contributed by atoms with Crippen LogP contribution in [-0.4, -0.2) is 40.7 Å². The van der Waals surface area contributed by atoms with Crippen molar-refractivity contribution in [2.45, 2.75) is 19.4 Å². The number of halogens is 1. The van der Waals surface area contributed by atoms with Crippen LogP contribution in [0.1, 0.15) is 13.8 Å². The number of alkyl halides is 1. The van der Waals surface area contributed by atoms with Crippen molar-refractivity contribution >= 4 is 11.6 Å². The molecule has 0 aliphatic rings. The first-order chi connectivity index (χ1) is 4.20. The number of nitrogens with zero attached hydrogens (tertiary/aromatic N) is 1. The van der Waals surface area contributed by atoms with Crippen molar-refractivity contribution in [3.8, 4) is 0 Å². The summed E-state index contributed by atoms with van der Waals surface area (Å²) in [5.74, 6) is 0. The molecule has 0 heterocycles. The second-order valence-corrected chi connectivity index (χ2v) is 2.42. The van der Waals surface area contributed by atoms with Gasteiger partial charge >= 0.3 is 0 Å². The molecule has 3 N–H and O–H groups in total. The van der Waals surface area contributed by atoms with E-state index in [1.165, 1.54) is 0 Å². The number of likely N-dealkylation sites (N-methyl/N-ethyl adjacent to an activating group) is 1. The summed E-state index contributed by atoms with van der Waals surface area (Å²) in [5, 5.41) is 8.71. The summed E-state index contributed by atoms with van der Waals surface area (Å²) in [6.45, 7) is 6.54. The summed E-state index contributed by atoms with van der Waals surface area (Å²) < 4.78 is 0. The highest BCUT2D eigenvalue weighted by Gasteiger charge is 2.03. The monoisotopic (exact) mass is 169 g/mol. The van der Waals surface area contributed by atoms with Crippen molar-refractivity contribution in [2.24, 2.45) is 0 Å². The van der Waals surface area contributed by atoms with Gasteiger partial charge in [0.1, 0.15) is 5.56 Å². The maximum Gasteiger partial charge on any atom is 0.140 e. The Morgan fingerprint density at radius 1 is 1.40 bits per heavy atom. The molecule has 4 heteroatoms. The Morgan fingerprint density at radius 3 is 1.90 bits per heavy atom. The number of aliphatic hydroxyl groups is 1. The van der Waals surface area contributed by atoms with Crippen molar-refractivity contribution in [1.82, 2.24) is 4.90 Å². The molecule has 0 aromatic carbocycles. The van der Waals surface area contributed by atoms with E-state index in [1.54, 1.807) is 0 Å². The van der Waals surface area contributed by atoms with Crippen LogP contribution in [0.4, 0.5) is 0 Å². The van der Waals surface area contributed by atoms with E-state index in [-0.39, 0.29) is 5.48 Å². The predicted molar refractivity (Wildman–Crippen MR) is 43.3 cm³/mol. The maximum atomic E-state index is 8.71. The molecular formula is C6H16ClNO2. The van der Waals surface area contributed by atoms with Crippen LogP contribution in [0.2, 0.25) is 0 Å². The molecule has 0 aliphatic heterocycles. The first kappa shape index (κ1) is 12.8. The second-order valence-electron chi connectivity index (χ2n) is 1.92. The van der Waals surface area contributed by atoms with Gasteiger partial charge in [-0.3, -0.25) is 0 Å². The summed E-state index contributed by atoms with van der Waals surface area (Å²) in [4.78, 5) is 2.07. The zero-order chi connectivity index (χ0) is 7.28. The van der Waals surface area contributed by atoms with Crippen LogP contribution in [0, 0.1) is 0 Å². The minimum Gasteiger partial charge on any atom is -0.412 e. The van der Waals surface area contributed by atoms with Gasteiger partial charge in [0.2, 0.25) is 0 Å². The van der Waals surface area contributed by atoms with E-state index in [1.807, 2.05) is 13.8 Å². The molecule has 0 bridgehead atoms. The fourth-order valence-corrected chi connectivity index (χ4v) is 0.890. The van der Waals surface area contributed by atoms with Crippen molar-refractivity contribution in [1.29, 1.82) is 0 Å². The lowest BCUT2D eigenvalue weighted by molar-refractivity contribution is 0.178. The second kappa shape index (κ2) is 7.28. The van der Waals surface area contributed by atoms with Gasteiger partial charge in [0.15, 0.2) is 0 Å². The molecule has 0 rings (SSSR count). The Bertz CT molecular complexity index is 66.8. The van der Waals surface area contributed by atoms with E-state index in [2.05, 4.69) is 4.90 Å². The number of aliphatic hydroxyl groups excluding tert-OH is 1. The van der Waals surface area contributed by atoms with Gasteiger partial charge in [-0.2, -0.15) is 0 Å². The fraction of sp³-hybridized carbons (Fsp3) is 1.00. The number of rotatable bonds is 4. The molecule has 3 nitrogen and oxygen atoms in total. The van der Waals surface area contributed by atoms with Gasteiger partial charge < -0.3 is 15.5 Å². The van der Waals surface area contributed by atoms with Crippen LogP contribution in [0.25, 0.3) is 0 Å². The smallest absolute Gasteiger partial charge is 0.140 e. The van der Waals surface area contributed by atoms with Crippen LogP contribution >= 0.6 is 11.6 Å². The van der Waals surface area contributed by atoms with Crippen LogP contribution < -0.4 is 0 Å². The molecule has 64 valence electrons. The number of hydrogen-bond acceptors (Lipinski definition) is 2. The Hall–Kier alpha value is 0.170. The van der Waals surface area contributed by atoms with Crippen LogP contribution in [0.15, 0.2) is 0 Å². The summed E-state index contributed by atoms with van der Waals surface area (Å²) in [7, 11) is 0. The molecule has 0 radical (unpaired) electrons. The SMILES string of the molecule is CCN(CC)CC(O)Cl.O. The van der Waals surface area contributed by atoms with Gasteiger partial charge in [-0.25, -0.2) is 0 Å². The van der Waals surface area contributed by atoms with Crippen LogP contribution in [0.5, 0.6) is 0 Å². The Balaban J connectivity index is 0. The quantitative estimate of drug-likeness (QED) is 0.606. The lowest BCUT2D eigenvalue weighted by atomic mass is 10.5. The molecule has 10 heavy (non-hydrogen) atoms. The average molecular weight is 170 g/mol. The van der Waals surface area contributed by atoms with E-state index in [4.69, 9.17) is 16.7 Å². The first-order valence-electron chi connectivity index (χ1n) is 3.25. The Labute approximate surface area is 66.9 Å². The topological polar surface area (TPSA) is 55.0 Å². The fourth-order valence-electron chi connectivity index (χ4n) is 0.695. The molecule has 0 amide bonds. The van der Waals surface area contributed by atoms with E-state index in [0.29, 0.717) is 6.54 Å². The Morgan fingerprint density at radius 2 is 1.80 bits per heavy atom. The van der Waals surface area contributed by atoms with E-state index in [9.17, 15) is 0 Å². The first-order valence-corrected chi connectivity index (χ1v) is 3.68. The lowest BCUT2D eigenvalue weighted by Gasteiger charge is -2.17. The summed E-state index contributed by atoms with van der Waals surface area (Å²) in [5.41, 5.74) is -0.718. The van der Waals surface area contributed by atoms with Gasteiger partial charge in [0.25, 0.3) is 0 Å². The molecule has 0 spiro atoms. The molecule has 1 atom stereocenters. The maximum absolute atomic E-state index is 8.71. The molecule has 0 saturated heterocycles. The zero-order valence-corrected chi connectivity index (χ0v) is 7.23. The normalized spacial score (nSPS) is 12.9. The Kier molecular flexibility index (Phi) is 9.33. The highest BCUT2D eigenvalue weighted by molar-refractivity contribution is 6.19. The minimum atomic E-state index is -0.718. The van der Waals surface area contributed by atoms with Crippen molar-refractivity contribution < 1.29 is 10.6 Å². The summed E-state index contributed by atoms with van der Waals surface area (Å²) in [6, 6.07) is 0. The zero-order valence-electron chi connectivity index (χ0n) is 6.47. The van der Waals surface area contributed by atoms with Gasteiger partial charge in [-0.15, -0.1) is 0 Å². The highest BCUT2D eigenvalue weighted by atomic mass is 35.5. The van der Waals surface area contributed by atoms with Crippen molar-refractivity contribution in [3.63, 3.8) is 0 Å². The van der Waals surface area contributed by atoms with Gasteiger partial charge in [0, 0.05) is 6.54 Å². The van der Waals surface area contributed by atoms with Crippen LogP contribution in [-0.2, 0) is 0 Å². The molecule has 0 aromatic heterocycles. The molecular weight excluding hydrogens is 154 g/mol. The van der Waals surface area contributed by atoms with Crippen molar-refractivity contribution in [3.05, 3.63) is 0 Å². The lowest BCUT2D eigenvalue weighted by Crippen LogP contribution is -2.29. The summed E-state index contributed by atoms with van der Waals surface area (Å²) >= 11 is 5.34. The largest absolute Gasteiger partial charge is 0.412 e. The molecule has 0 fully saturated rings. The molecule has 0 aromatic rings. The summed E-state index contributed by atoms with van der Waals surface area (Å²) in [6.07, 6.45) is 0. The predicted octanol–water partition coefficient (Wildman–Crippen LogP) is 0.0607. The minimum absolute atomic E-state index is 0. The average Bonchev–Trinajstić information content (AvgIpc) is 1.82. The third kappa shape index (κ3) is 6.29. The molecule has 1 unspecified atom stereocenters. The third-order valence-corrected chi connectivity index (χ3v) is 1.44. The van der Waals surface area contributed by atoms with Gasteiger partial charge in [0.05, 0.1) is 0 Å².